The number of carboxylic acid groups (broad SMARTS) is 1. The van der Waals surface area contributed by atoms with Crippen molar-refractivity contribution in [2.75, 3.05) is 13.2 Å². The van der Waals surface area contributed by atoms with Crippen LogP contribution in [0, 0.1) is 11.6 Å². The van der Waals surface area contributed by atoms with Crippen molar-refractivity contribution < 1.29 is 28.2 Å². The van der Waals surface area contributed by atoms with E-state index in [4.69, 9.17) is 9.84 Å². The lowest BCUT2D eigenvalue weighted by atomic mass is 9.98. The first-order chi connectivity index (χ1) is 15.4. The average molecular weight is 437 g/mol. The maximum atomic E-state index is 13.6. The Bertz CT molecular complexity index is 1120. The minimum atomic E-state index is -1.08. The molecule has 0 bridgehead atoms. The highest BCUT2D eigenvalue weighted by molar-refractivity contribution is 5.79. The number of hydrogen-bond donors (Lipinski definition) is 1. The molecule has 3 aromatic rings. The fraction of sp³-hybridized carbons (Fsp3) is 0.200. The Balaban J connectivity index is 1.50. The summed E-state index contributed by atoms with van der Waals surface area (Å²) >= 11 is 0. The summed E-state index contributed by atoms with van der Waals surface area (Å²) in [6, 6.07) is 19.1. The molecule has 5 nitrogen and oxygen atoms in total. The molecule has 0 fully saturated rings. The van der Waals surface area contributed by atoms with Crippen LogP contribution in [0.3, 0.4) is 0 Å². The van der Waals surface area contributed by atoms with E-state index >= 15 is 0 Å². The van der Waals surface area contributed by atoms with Crippen molar-refractivity contribution in [2.24, 2.45) is 0 Å². The number of carbonyl (C=O) groups is 2. The lowest BCUT2D eigenvalue weighted by molar-refractivity contribution is -0.137. The smallest absolute Gasteiger partial charge is 0.410 e. The van der Waals surface area contributed by atoms with E-state index in [1.165, 1.54) is 11.0 Å². The van der Waals surface area contributed by atoms with E-state index in [-0.39, 0.29) is 32.0 Å². The predicted molar refractivity (Wildman–Crippen MR) is 114 cm³/mol. The van der Waals surface area contributed by atoms with Crippen molar-refractivity contribution in [2.45, 2.75) is 18.9 Å². The van der Waals surface area contributed by atoms with Gasteiger partial charge in [0.2, 0.25) is 0 Å². The molecular formula is C25H21F2NO4. The molecule has 0 saturated carbocycles. The van der Waals surface area contributed by atoms with Crippen molar-refractivity contribution >= 4 is 12.1 Å². The zero-order valence-electron chi connectivity index (χ0n) is 17.1. The molecule has 0 radical (unpaired) electrons. The number of fused-ring (bicyclic) bond motifs is 3. The second kappa shape index (κ2) is 9.18. The van der Waals surface area contributed by atoms with Gasteiger partial charge in [0, 0.05) is 19.0 Å². The van der Waals surface area contributed by atoms with Crippen LogP contribution < -0.4 is 0 Å². The number of hydrogen-bond acceptors (Lipinski definition) is 3. The van der Waals surface area contributed by atoms with Gasteiger partial charge in [-0.05, 0) is 39.9 Å². The monoisotopic (exact) mass is 437 g/mol. The van der Waals surface area contributed by atoms with Crippen LogP contribution in [0.25, 0.3) is 11.1 Å². The third kappa shape index (κ3) is 4.46. The van der Waals surface area contributed by atoms with Crippen LogP contribution in [-0.2, 0) is 16.1 Å². The van der Waals surface area contributed by atoms with Gasteiger partial charge in [-0.2, -0.15) is 0 Å². The number of amides is 1. The molecule has 3 aromatic carbocycles. The Morgan fingerprint density at radius 2 is 1.53 bits per heavy atom. The molecule has 0 spiro atoms. The normalized spacial score (nSPS) is 12.2. The molecule has 4 rings (SSSR count). The second-order valence-corrected chi connectivity index (χ2v) is 7.62. The first-order valence-electron chi connectivity index (χ1n) is 10.2. The summed E-state index contributed by atoms with van der Waals surface area (Å²) in [7, 11) is 0. The molecule has 1 aliphatic rings. The van der Waals surface area contributed by atoms with Gasteiger partial charge in [-0.1, -0.05) is 54.6 Å². The van der Waals surface area contributed by atoms with Gasteiger partial charge in [0.05, 0.1) is 6.42 Å². The number of nitrogens with zero attached hydrogens (tertiary/aromatic N) is 1. The molecule has 164 valence electrons. The van der Waals surface area contributed by atoms with Crippen LogP contribution in [0.15, 0.2) is 66.7 Å². The number of ether oxygens (including phenoxy) is 1. The molecule has 7 heteroatoms. The summed E-state index contributed by atoms with van der Waals surface area (Å²) in [5.74, 6) is -3.25. The molecule has 0 saturated heterocycles. The van der Waals surface area contributed by atoms with Gasteiger partial charge in [-0.15, -0.1) is 0 Å². The minimum Gasteiger partial charge on any atom is -0.481 e. The molecule has 0 atom stereocenters. The van der Waals surface area contributed by atoms with Crippen LogP contribution in [0.2, 0.25) is 0 Å². The Kier molecular flexibility index (Phi) is 6.16. The second-order valence-electron chi connectivity index (χ2n) is 7.62. The quantitative estimate of drug-likeness (QED) is 0.552. The molecular weight excluding hydrogens is 416 g/mol. The lowest BCUT2D eigenvalue weighted by Crippen LogP contribution is -2.34. The van der Waals surface area contributed by atoms with Crippen LogP contribution >= 0.6 is 0 Å². The summed E-state index contributed by atoms with van der Waals surface area (Å²) in [5.41, 5.74) is 4.63. The molecule has 0 heterocycles. The molecule has 0 unspecified atom stereocenters. The van der Waals surface area contributed by atoms with Crippen LogP contribution in [0.5, 0.6) is 0 Å². The van der Waals surface area contributed by atoms with E-state index in [1.54, 1.807) is 0 Å². The van der Waals surface area contributed by atoms with E-state index in [2.05, 4.69) is 0 Å². The number of carboxylic acids is 1. The summed E-state index contributed by atoms with van der Waals surface area (Å²) < 4.78 is 32.4. The highest BCUT2D eigenvalue weighted by Crippen LogP contribution is 2.44. The number of halogens is 2. The Hall–Kier alpha value is -3.74. The zero-order chi connectivity index (χ0) is 22.7. The van der Waals surface area contributed by atoms with E-state index in [1.807, 2.05) is 48.5 Å². The third-order valence-corrected chi connectivity index (χ3v) is 5.55. The van der Waals surface area contributed by atoms with E-state index in [0.717, 1.165) is 34.4 Å². The molecule has 0 aromatic heterocycles. The van der Waals surface area contributed by atoms with Crippen molar-refractivity contribution in [3.05, 3.63) is 95.1 Å². The maximum Gasteiger partial charge on any atom is 0.410 e. The van der Waals surface area contributed by atoms with E-state index in [0.29, 0.717) is 5.56 Å². The largest absolute Gasteiger partial charge is 0.481 e. The van der Waals surface area contributed by atoms with Gasteiger partial charge >= 0.3 is 12.1 Å². The third-order valence-electron chi connectivity index (χ3n) is 5.55. The first kappa shape index (κ1) is 21.5. The zero-order valence-corrected chi connectivity index (χ0v) is 17.1. The van der Waals surface area contributed by atoms with Crippen molar-refractivity contribution in [1.82, 2.24) is 4.90 Å². The topological polar surface area (TPSA) is 66.8 Å². The van der Waals surface area contributed by atoms with Crippen LogP contribution in [0.1, 0.15) is 29.0 Å². The lowest BCUT2D eigenvalue weighted by Gasteiger charge is -2.23. The fourth-order valence-electron chi connectivity index (χ4n) is 4.01. The molecule has 32 heavy (non-hydrogen) atoms. The first-order valence-corrected chi connectivity index (χ1v) is 10.2. The highest BCUT2D eigenvalue weighted by atomic mass is 19.2. The van der Waals surface area contributed by atoms with Gasteiger partial charge in [-0.25, -0.2) is 13.6 Å². The Labute approximate surface area is 183 Å². The van der Waals surface area contributed by atoms with Crippen molar-refractivity contribution in [3.8, 4) is 11.1 Å². The van der Waals surface area contributed by atoms with Gasteiger partial charge in [-0.3, -0.25) is 4.79 Å². The van der Waals surface area contributed by atoms with Crippen molar-refractivity contribution in [3.63, 3.8) is 0 Å². The molecule has 1 aliphatic carbocycles. The Morgan fingerprint density at radius 1 is 0.906 bits per heavy atom. The predicted octanol–water partition coefficient (Wildman–Crippen LogP) is 5.19. The van der Waals surface area contributed by atoms with E-state index < -0.39 is 23.7 Å². The highest BCUT2D eigenvalue weighted by Gasteiger charge is 2.29. The van der Waals surface area contributed by atoms with Gasteiger partial charge in [0.25, 0.3) is 0 Å². The summed E-state index contributed by atoms with van der Waals surface area (Å²) in [6.07, 6.45) is -1.01. The van der Waals surface area contributed by atoms with Gasteiger partial charge in [0.15, 0.2) is 11.6 Å². The van der Waals surface area contributed by atoms with Gasteiger partial charge < -0.3 is 14.7 Å². The molecule has 1 amide bonds. The summed E-state index contributed by atoms with van der Waals surface area (Å²) in [4.78, 5) is 25.1. The van der Waals surface area contributed by atoms with Crippen molar-refractivity contribution in [1.29, 1.82) is 0 Å². The number of rotatable bonds is 7. The summed E-state index contributed by atoms with van der Waals surface area (Å²) in [5, 5.41) is 9.02. The Morgan fingerprint density at radius 3 is 2.12 bits per heavy atom. The molecule has 1 N–H and O–H groups in total. The van der Waals surface area contributed by atoms with E-state index in [9.17, 15) is 18.4 Å². The number of benzene rings is 3. The fourth-order valence-corrected chi connectivity index (χ4v) is 4.01. The standard InChI is InChI=1S/C25H21F2NO4/c26-22-10-9-16(13-23(22)27)14-28(12-11-24(29)30)25(31)32-15-21-19-7-3-1-5-17(19)18-6-2-4-8-20(18)21/h1-10,13,21H,11-12,14-15H2,(H,29,30). The average Bonchev–Trinajstić information content (AvgIpc) is 3.11. The summed E-state index contributed by atoms with van der Waals surface area (Å²) in [6.45, 7) is -0.139. The van der Waals surface area contributed by atoms with Gasteiger partial charge in [0.1, 0.15) is 6.61 Å². The maximum absolute atomic E-state index is 13.6. The molecule has 0 aliphatic heterocycles. The SMILES string of the molecule is O=C(O)CCN(Cc1ccc(F)c(F)c1)C(=O)OCC1c2ccccc2-c2ccccc21. The van der Waals surface area contributed by atoms with Crippen LogP contribution in [0.4, 0.5) is 13.6 Å². The number of carbonyl (C=O) groups excluding carboxylic acids is 1. The minimum absolute atomic E-state index is 0.0776. The van der Waals surface area contributed by atoms with Crippen LogP contribution in [-0.4, -0.2) is 35.2 Å². The number of aliphatic carboxylic acids is 1.